The van der Waals surface area contributed by atoms with Crippen molar-refractivity contribution in [2.45, 2.75) is 45.6 Å². The fourth-order valence-electron chi connectivity index (χ4n) is 7.15. The van der Waals surface area contributed by atoms with Gasteiger partial charge in [-0.1, -0.05) is 26.0 Å². The predicted molar refractivity (Wildman–Crippen MR) is 96.9 cm³/mol. The van der Waals surface area contributed by atoms with E-state index in [-0.39, 0.29) is 40.6 Å². The molecule has 0 aromatic carbocycles. The molecule has 0 N–H and O–H groups in total. The Bertz CT molecular complexity index is 746. The summed E-state index contributed by atoms with van der Waals surface area (Å²) >= 11 is 0. The number of allylic oxidation sites excluding steroid dienone is 2. The molecule has 1 spiro atoms. The Hall–Kier alpha value is -1.17. The molecule has 1 aliphatic heterocycles. The number of methoxy groups -OCH3 is 1. The van der Waals surface area contributed by atoms with E-state index in [1.54, 1.807) is 4.31 Å². The second-order valence-electron chi connectivity index (χ2n) is 9.52. The monoisotopic (exact) mass is 377 g/mol. The van der Waals surface area contributed by atoms with Crippen molar-refractivity contribution in [1.82, 2.24) is 4.31 Å². The third-order valence-electron chi connectivity index (χ3n) is 8.71. The molecule has 1 unspecified atom stereocenters. The van der Waals surface area contributed by atoms with Crippen LogP contribution in [0.1, 0.15) is 39.5 Å². The van der Waals surface area contributed by atoms with Gasteiger partial charge in [-0.2, -0.15) is 0 Å². The van der Waals surface area contributed by atoms with Gasteiger partial charge in [0.05, 0.1) is 30.7 Å². The molecule has 4 fully saturated rings. The smallest absolute Gasteiger partial charge is 0.310 e. The average molecular weight is 378 g/mol. The molecular weight excluding hydrogens is 350 g/mol. The first kappa shape index (κ1) is 17.0. The zero-order chi connectivity index (χ0) is 18.4. The molecule has 1 saturated heterocycles. The fourth-order valence-corrected chi connectivity index (χ4v) is 9.33. The summed E-state index contributed by atoms with van der Waals surface area (Å²) in [6.45, 7) is 4.60. The minimum atomic E-state index is -1.28. The van der Waals surface area contributed by atoms with Crippen LogP contribution < -0.4 is 0 Å². The van der Waals surface area contributed by atoms with Crippen molar-refractivity contribution in [3.63, 3.8) is 0 Å². The third-order valence-corrected chi connectivity index (χ3v) is 10.3. The second-order valence-corrected chi connectivity index (χ2v) is 10.8. The van der Waals surface area contributed by atoms with Gasteiger partial charge in [-0.25, -0.2) is 4.21 Å². The van der Waals surface area contributed by atoms with Crippen LogP contribution in [-0.4, -0.2) is 39.3 Å². The highest BCUT2D eigenvalue weighted by Gasteiger charge is 2.71. The van der Waals surface area contributed by atoms with Crippen molar-refractivity contribution in [2.75, 3.05) is 12.9 Å². The molecule has 0 aromatic rings. The first-order valence-corrected chi connectivity index (χ1v) is 11.1. The second kappa shape index (κ2) is 5.21. The van der Waals surface area contributed by atoms with Crippen LogP contribution >= 0.6 is 0 Å². The summed E-state index contributed by atoms with van der Waals surface area (Å²) in [6, 6.07) is 0.0750. The van der Waals surface area contributed by atoms with Gasteiger partial charge < -0.3 is 4.74 Å². The van der Waals surface area contributed by atoms with E-state index in [1.165, 1.54) is 13.5 Å². The summed E-state index contributed by atoms with van der Waals surface area (Å²) in [4.78, 5) is 26.0. The number of ether oxygens (including phenoxy) is 1. The summed E-state index contributed by atoms with van der Waals surface area (Å²) in [5, 5.41) is 0. The van der Waals surface area contributed by atoms with E-state index in [4.69, 9.17) is 4.74 Å². The Labute approximate surface area is 157 Å². The zero-order valence-corrected chi connectivity index (χ0v) is 16.5. The van der Waals surface area contributed by atoms with Crippen LogP contribution in [0.3, 0.4) is 0 Å². The molecule has 0 radical (unpaired) electrons. The van der Waals surface area contributed by atoms with Crippen molar-refractivity contribution in [3.05, 3.63) is 12.2 Å². The lowest BCUT2D eigenvalue weighted by molar-refractivity contribution is -0.152. The van der Waals surface area contributed by atoms with E-state index in [9.17, 15) is 13.8 Å². The van der Waals surface area contributed by atoms with Gasteiger partial charge in [0.2, 0.25) is 5.91 Å². The molecule has 5 aliphatic rings. The van der Waals surface area contributed by atoms with E-state index in [1.807, 2.05) is 0 Å². The molecule has 5 rings (SSSR count). The molecule has 5 nitrogen and oxygen atoms in total. The maximum atomic E-state index is 13.6. The number of rotatable bonds is 2. The molecule has 0 aromatic heterocycles. The summed E-state index contributed by atoms with van der Waals surface area (Å²) in [5.74, 6) is 0.193. The van der Waals surface area contributed by atoms with Gasteiger partial charge in [-0.05, 0) is 48.9 Å². The largest absolute Gasteiger partial charge is 0.469 e. The standard InChI is InChI=1S/C20H27NO4S/c1-19(2)13-6-7-20(19)10-26(24)21(14(20)9-13)17(22)15-11-4-5-12(8-11)16(15)18(23)25-3/h4-5,11-16H,6-10H2,1-3H3/t11-,12+,13+,14+,15+,16+,20+,26?/m0/s1. The van der Waals surface area contributed by atoms with Crippen LogP contribution in [0.4, 0.5) is 0 Å². The Morgan fingerprint density at radius 1 is 1.15 bits per heavy atom. The van der Waals surface area contributed by atoms with Crippen LogP contribution in [0.15, 0.2) is 12.2 Å². The Balaban J connectivity index is 1.49. The van der Waals surface area contributed by atoms with Crippen molar-refractivity contribution in [2.24, 2.45) is 40.4 Å². The summed E-state index contributed by atoms with van der Waals surface area (Å²) in [7, 11) is 0.111. The van der Waals surface area contributed by atoms with Crippen LogP contribution in [0.25, 0.3) is 0 Å². The molecule has 3 saturated carbocycles. The van der Waals surface area contributed by atoms with Gasteiger partial charge in [0.15, 0.2) is 0 Å². The number of hydrogen-bond acceptors (Lipinski definition) is 4. The van der Waals surface area contributed by atoms with Gasteiger partial charge in [0.1, 0.15) is 11.0 Å². The van der Waals surface area contributed by atoms with Gasteiger partial charge in [-0.3, -0.25) is 13.9 Å². The number of hydrogen-bond donors (Lipinski definition) is 0. The van der Waals surface area contributed by atoms with Crippen molar-refractivity contribution >= 4 is 22.9 Å². The van der Waals surface area contributed by atoms with Crippen LogP contribution in [0.2, 0.25) is 0 Å². The molecule has 4 bridgehead atoms. The van der Waals surface area contributed by atoms with Crippen molar-refractivity contribution in [3.8, 4) is 0 Å². The molecule has 4 aliphatic carbocycles. The van der Waals surface area contributed by atoms with E-state index in [0.29, 0.717) is 11.7 Å². The Morgan fingerprint density at radius 3 is 2.50 bits per heavy atom. The number of nitrogens with zero attached hydrogens (tertiary/aromatic N) is 1. The highest BCUT2D eigenvalue weighted by Crippen LogP contribution is 2.69. The first-order valence-electron chi connectivity index (χ1n) is 9.79. The average Bonchev–Trinajstić information content (AvgIpc) is 3.36. The molecule has 8 atom stereocenters. The minimum Gasteiger partial charge on any atom is -0.469 e. The molecule has 6 heteroatoms. The number of carbonyl (C=O) groups excluding carboxylic acids is 2. The fraction of sp³-hybridized carbons (Fsp3) is 0.800. The molecule has 1 heterocycles. The lowest BCUT2D eigenvalue weighted by Gasteiger charge is -2.38. The van der Waals surface area contributed by atoms with Crippen LogP contribution in [-0.2, 0) is 25.3 Å². The van der Waals surface area contributed by atoms with Crippen LogP contribution in [0.5, 0.6) is 0 Å². The van der Waals surface area contributed by atoms with E-state index in [2.05, 4.69) is 26.0 Å². The quantitative estimate of drug-likeness (QED) is 0.547. The number of carbonyl (C=O) groups is 2. The SMILES string of the molecule is COC(=O)[C@H]1[C@H](C(=O)N2[C@@H]3C[C@H]4CC[C@]3(CS2=O)C4(C)C)[C@H]2C=C[C@@H]1C2. The lowest BCUT2D eigenvalue weighted by atomic mass is 9.69. The van der Waals surface area contributed by atoms with Crippen LogP contribution in [0, 0.1) is 40.4 Å². The highest BCUT2D eigenvalue weighted by atomic mass is 32.2. The van der Waals surface area contributed by atoms with Gasteiger partial charge >= 0.3 is 5.97 Å². The maximum Gasteiger partial charge on any atom is 0.310 e. The van der Waals surface area contributed by atoms with E-state index >= 15 is 0 Å². The van der Waals surface area contributed by atoms with Gasteiger partial charge in [0.25, 0.3) is 0 Å². The molecular formula is C20H27NO4S. The summed E-state index contributed by atoms with van der Waals surface area (Å²) < 4.78 is 19.8. The minimum absolute atomic E-state index is 0.00753. The summed E-state index contributed by atoms with van der Waals surface area (Å²) in [5.41, 5.74) is 0.130. The summed E-state index contributed by atoms with van der Waals surface area (Å²) in [6.07, 6.45) is 8.18. The highest BCUT2D eigenvalue weighted by molar-refractivity contribution is 7.83. The number of amides is 1. The van der Waals surface area contributed by atoms with Gasteiger partial charge in [-0.15, -0.1) is 0 Å². The van der Waals surface area contributed by atoms with Crippen molar-refractivity contribution in [1.29, 1.82) is 0 Å². The Morgan fingerprint density at radius 2 is 1.85 bits per heavy atom. The topological polar surface area (TPSA) is 63.7 Å². The molecule has 142 valence electrons. The first-order chi connectivity index (χ1) is 12.3. The zero-order valence-electron chi connectivity index (χ0n) is 15.6. The normalized spacial score (nSPS) is 49.7. The number of esters is 1. The molecule has 1 amide bonds. The Kier molecular flexibility index (Phi) is 3.40. The lowest BCUT2D eigenvalue weighted by Crippen LogP contribution is -2.48. The van der Waals surface area contributed by atoms with Gasteiger partial charge in [0, 0.05) is 5.41 Å². The van der Waals surface area contributed by atoms with E-state index < -0.39 is 22.8 Å². The predicted octanol–water partition coefficient (Wildman–Crippen LogP) is 2.30. The molecule has 26 heavy (non-hydrogen) atoms. The third kappa shape index (κ3) is 1.80. The van der Waals surface area contributed by atoms with E-state index in [0.717, 1.165) is 19.3 Å². The maximum absolute atomic E-state index is 13.6. The van der Waals surface area contributed by atoms with Crippen molar-refractivity contribution < 1.29 is 18.5 Å². The number of fused-ring (bicyclic) bond motifs is 3.